The normalized spacial score (nSPS) is 14.2. The van der Waals surface area contributed by atoms with Gasteiger partial charge in [0.25, 0.3) is 0 Å². The topological polar surface area (TPSA) is 38.7 Å². The minimum atomic E-state index is -0.501. The van der Waals surface area contributed by atoms with Gasteiger partial charge in [0, 0.05) is 0 Å². The van der Waals surface area contributed by atoms with Crippen molar-refractivity contribution in [2.75, 3.05) is 33.3 Å². The van der Waals surface area contributed by atoms with Gasteiger partial charge in [-0.15, -0.1) is 0 Å². The van der Waals surface area contributed by atoms with Crippen LogP contribution >= 0.6 is 0 Å². The number of anilines is 6. The molecular formula is C38H28B2N6Te2. The summed E-state index contributed by atoms with van der Waals surface area (Å²) < 4.78 is 5.97. The van der Waals surface area contributed by atoms with E-state index in [0.29, 0.717) is 0 Å². The van der Waals surface area contributed by atoms with Gasteiger partial charge < -0.3 is 0 Å². The Labute approximate surface area is 299 Å². The van der Waals surface area contributed by atoms with Crippen LogP contribution in [0.15, 0.2) is 133 Å². The molecule has 0 bridgehead atoms. The van der Waals surface area contributed by atoms with Crippen LogP contribution in [-0.4, -0.2) is 78.9 Å². The predicted octanol–water partition coefficient (Wildman–Crippen LogP) is 6.02. The van der Waals surface area contributed by atoms with E-state index in [2.05, 4.69) is 167 Å². The maximum atomic E-state index is 5.33. The molecule has 10 heteroatoms. The van der Waals surface area contributed by atoms with Crippen LogP contribution in [0.2, 0.25) is 0 Å². The first-order valence-corrected chi connectivity index (χ1v) is 20.8. The Kier molecular flexibility index (Phi) is 6.72. The number of fused-ring (bicyclic) bond motifs is 7. The minimum absolute atomic E-state index is 0.0219. The van der Waals surface area contributed by atoms with Crippen molar-refractivity contribution in [1.82, 2.24) is 9.97 Å². The van der Waals surface area contributed by atoms with Crippen LogP contribution in [-0.2, 0) is 0 Å². The van der Waals surface area contributed by atoms with Gasteiger partial charge in [-0.2, -0.15) is 0 Å². The molecule has 48 heavy (non-hydrogen) atoms. The van der Waals surface area contributed by atoms with Gasteiger partial charge >= 0.3 is 302 Å². The number of hydrogen-bond acceptors (Lipinski definition) is 6. The first kappa shape index (κ1) is 28.8. The summed E-state index contributed by atoms with van der Waals surface area (Å²) in [6, 6.07) is 48.2. The number of pyridine rings is 2. The van der Waals surface area contributed by atoms with E-state index >= 15 is 0 Å². The van der Waals surface area contributed by atoms with Crippen molar-refractivity contribution in [3.05, 3.63) is 133 Å². The fraction of sp³-hybridized carbons (Fsp3) is 0.0526. The molecule has 0 radical (unpaired) electrons. The predicted molar refractivity (Wildman–Crippen MR) is 206 cm³/mol. The average Bonchev–Trinajstić information content (AvgIpc) is 3.86. The third-order valence-electron chi connectivity index (χ3n) is 9.63. The second-order valence-corrected chi connectivity index (χ2v) is 18.3. The van der Waals surface area contributed by atoms with E-state index in [-0.39, 0.29) is 14.0 Å². The third kappa shape index (κ3) is 4.27. The van der Waals surface area contributed by atoms with Gasteiger partial charge in [-0.1, -0.05) is 0 Å². The zero-order chi connectivity index (χ0) is 31.9. The van der Waals surface area contributed by atoms with Gasteiger partial charge in [-0.3, -0.25) is 0 Å². The van der Waals surface area contributed by atoms with E-state index in [1.165, 1.54) is 47.7 Å². The first-order chi connectivity index (χ1) is 23.7. The molecule has 0 saturated carbocycles. The van der Waals surface area contributed by atoms with Crippen LogP contribution in [0, 0.1) is 0 Å². The van der Waals surface area contributed by atoms with E-state index in [9.17, 15) is 0 Å². The molecule has 0 fully saturated rings. The molecule has 4 aromatic carbocycles. The summed E-state index contributed by atoms with van der Waals surface area (Å²) in [4.78, 5) is 20.6. The summed E-state index contributed by atoms with van der Waals surface area (Å²) in [6.07, 6.45) is 0. The monoisotopic (exact) mass is 850 g/mol. The van der Waals surface area contributed by atoms with Crippen LogP contribution in [0.1, 0.15) is 0 Å². The fourth-order valence-electron chi connectivity index (χ4n) is 7.50. The number of para-hydroxylation sites is 2. The second-order valence-electron chi connectivity index (χ2n) is 12.4. The average molecular weight is 846 g/mol. The van der Waals surface area contributed by atoms with Crippen LogP contribution in [0.25, 0.3) is 28.6 Å². The maximum absolute atomic E-state index is 5.33. The molecule has 0 aliphatic carbocycles. The molecule has 4 aromatic heterocycles. The number of rotatable bonds is 4. The van der Waals surface area contributed by atoms with Crippen molar-refractivity contribution in [2.24, 2.45) is 0 Å². The van der Waals surface area contributed by atoms with Crippen LogP contribution in [0.3, 0.4) is 0 Å². The summed E-state index contributed by atoms with van der Waals surface area (Å²) >= 11 is -1.00. The van der Waals surface area contributed by atoms with E-state index in [0.717, 1.165) is 22.2 Å². The quantitative estimate of drug-likeness (QED) is 0.202. The number of aromatic nitrogens is 2. The van der Waals surface area contributed by atoms with Crippen molar-refractivity contribution < 1.29 is 0 Å². The second kappa shape index (κ2) is 11.2. The van der Waals surface area contributed by atoms with E-state index in [1.807, 2.05) is 0 Å². The zero-order valence-corrected chi connectivity index (χ0v) is 31.0. The molecule has 228 valence electrons. The summed E-state index contributed by atoms with van der Waals surface area (Å²) in [5, 5.41) is 2.74. The first-order valence-electron chi connectivity index (χ1n) is 16.1. The number of benzene rings is 4. The van der Waals surface area contributed by atoms with Gasteiger partial charge in [0.1, 0.15) is 0 Å². The number of hydrogen-bond donors (Lipinski definition) is 0. The SMILES string of the molecule is CN1B(c2ccc3nc(B4N(C)c5[te]c6ccccc6c5N4c4ccccc4)ccc3n2)N(c2ccccc2)c2c1[te]c1ccccc21. The molecule has 0 spiro atoms. The number of nitrogens with zero attached hydrogens (tertiary/aromatic N) is 6. The third-order valence-corrected chi connectivity index (χ3v) is 16.8. The molecule has 0 unspecified atom stereocenters. The van der Waals surface area contributed by atoms with E-state index < -0.39 is 40.9 Å². The van der Waals surface area contributed by atoms with Gasteiger partial charge in [-0.25, -0.2) is 0 Å². The molecule has 6 nitrogen and oxygen atoms in total. The van der Waals surface area contributed by atoms with Crippen LogP contribution in [0.4, 0.5) is 30.2 Å². The Hall–Kier alpha value is -4.17. The van der Waals surface area contributed by atoms with Crippen molar-refractivity contribution in [1.29, 1.82) is 0 Å². The summed E-state index contributed by atoms with van der Waals surface area (Å²) in [6.45, 7) is -0.0438. The summed E-state index contributed by atoms with van der Waals surface area (Å²) in [5.41, 5.74) is 8.99. The van der Waals surface area contributed by atoms with E-state index in [1.54, 1.807) is 0 Å². The van der Waals surface area contributed by atoms with Crippen molar-refractivity contribution in [2.45, 2.75) is 0 Å². The zero-order valence-electron chi connectivity index (χ0n) is 26.4. The molecular weight excluding hydrogens is 817 g/mol. The van der Waals surface area contributed by atoms with Crippen molar-refractivity contribution in [3.63, 3.8) is 0 Å². The van der Waals surface area contributed by atoms with Gasteiger partial charge in [0.2, 0.25) is 0 Å². The molecule has 6 heterocycles. The van der Waals surface area contributed by atoms with Gasteiger partial charge in [-0.05, 0) is 0 Å². The molecule has 0 N–H and O–H groups in total. The van der Waals surface area contributed by atoms with Crippen LogP contribution < -0.4 is 30.4 Å². The molecule has 2 aliphatic rings. The Bertz CT molecular complexity index is 2330. The molecule has 0 saturated heterocycles. The standard InChI is InChI=1S/C38H28B2N6Te2/c1-43-37-35(27-17-9-11-19-31(27)47-37)45(25-13-5-3-6-14-25)39(43)33-23-21-30-29(41-33)22-24-34(42-30)40-44(2)38-36(28-18-10-12-20-32(28)48-38)46(40)26-15-7-4-8-16-26/h3-24H,1-2H3. The Morgan fingerprint density at radius 2 is 0.854 bits per heavy atom. The van der Waals surface area contributed by atoms with Crippen molar-refractivity contribution in [3.8, 4) is 0 Å². The Balaban J connectivity index is 1.07. The van der Waals surface area contributed by atoms with Crippen molar-refractivity contribution >= 4 is 125 Å². The van der Waals surface area contributed by atoms with Gasteiger partial charge in [0.15, 0.2) is 0 Å². The van der Waals surface area contributed by atoms with E-state index in [4.69, 9.17) is 9.97 Å². The molecule has 10 rings (SSSR count). The fourth-order valence-corrected chi connectivity index (χ4v) is 14.2. The van der Waals surface area contributed by atoms with Gasteiger partial charge in [0.05, 0.1) is 0 Å². The molecule has 0 atom stereocenters. The van der Waals surface area contributed by atoms with Crippen LogP contribution in [0.5, 0.6) is 0 Å². The Morgan fingerprint density at radius 3 is 1.29 bits per heavy atom. The summed E-state index contributed by atoms with van der Waals surface area (Å²) in [7, 11) is 4.49. The molecule has 2 aliphatic heterocycles. The molecule has 8 aromatic rings. The molecule has 0 amide bonds. The Morgan fingerprint density at radius 1 is 0.458 bits per heavy atom. The summed E-state index contributed by atoms with van der Waals surface area (Å²) in [5.74, 6) is 0.